The first-order valence-corrected chi connectivity index (χ1v) is 10.3. The molecule has 1 heterocycles. The zero-order valence-corrected chi connectivity index (χ0v) is 18.1. The molecule has 0 fully saturated rings. The predicted octanol–water partition coefficient (Wildman–Crippen LogP) is -0.427. The van der Waals surface area contributed by atoms with Gasteiger partial charge < -0.3 is 25.6 Å². The van der Waals surface area contributed by atoms with E-state index in [4.69, 9.17) is 0 Å². The highest BCUT2D eigenvalue weighted by Gasteiger charge is 2.31. The summed E-state index contributed by atoms with van der Waals surface area (Å²) in [6.07, 6.45) is 5.26. The maximum atomic E-state index is 12.9. The molecule has 0 spiro atoms. The Kier molecular flexibility index (Phi) is 9.77. The van der Waals surface area contributed by atoms with Crippen molar-refractivity contribution in [2.45, 2.75) is 37.7 Å². The van der Waals surface area contributed by atoms with Gasteiger partial charge in [0.15, 0.2) is 0 Å². The van der Waals surface area contributed by atoms with Crippen molar-refractivity contribution in [3.8, 4) is 0 Å². The Bertz CT molecular complexity index is 883. The minimum atomic E-state index is -1.80. The van der Waals surface area contributed by atoms with E-state index in [-0.39, 0.29) is 18.0 Å². The molecule has 0 saturated heterocycles. The predicted molar refractivity (Wildman–Crippen MR) is 118 cm³/mol. The number of nitrogens with one attached hydrogen (secondary N) is 2. The van der Waals surface area contributed by atoms with Gasteiger partial charge in [0, 0.05) is 26.5 Å². The Balaban J connectivity index is 2.04. The number of aryl methyl sites for hydroxylation is 1. The van der Waals surface area contributed by atoms with Crippen LogP contribution in [0.4, 0.5) is 0 Å². The normalized spacial score (nSPS) is 12.4. The molecule has 11 heteroatoms. The van der Waals surface area contributed by atoms with Crippen LogP contribution in [0.3, 0.4) is 0 Å². The molecule has 1 aromatic carbocycles. The van der Waals surface area contributed by atoms with Gasteiger partial charge in [0.05, 0.1) is 18.6 Å². The van der Waals surface area contributed by atoms with Gasteiger partial charge in [0.25, 0.3) is 5.91 Å². The number of hydrogen-bond donors (Lipinski definition) is 4. The highest BCUT2D eigenvalue weighted by molar-refractivity contribution is 6.43. The van der Waals surface area contributed by atoms with Gasteiger partial charge in [0.2, 0.25) is 11.8 Å². The summed E-state index contributed by atoms with van der Waals surface area (Å²) in [5.41, 5.74) is 1.08. The number of aromatic nitrogens is 2. The highest BCUT2D eigenvalue weighted by Crippen LogP contribution is 2.08. The molecule has 10 nitrogen and oxygen atoms in total. The number of nitrogens with zero attached hydrogens (tertiary/aromatic N) is 3. The van der Waals surface area contributed by atoms with Gasteiger partial charge in [-0.1, -0.05) is 30.3 Å². The fraction of sp³-hybridized carbons (Fsp3) is 0.381. The standard InChI is InChI=1S/C21H28BN5O5/c1-27(2)19(28)13-16(25-21(30)17-14-23-11-12-24-17)20(29)26-18(22(31)32)10-6-9-15-7-4-3-5-8-15/h3-5,7-8,11-12,14,16,18,31-32H,6,9-10,13H2,1-2H3,(H,25,30)(H,26,29)/t16-,18+/m1/s1. The van der Waals surface area contributed by atoms with E-state index in [9.17, 15) is 24.4 Å². The third-order valence-corrected chi connectivity index (χ3v) is 4.81. The van der Waals surface area contributed by atoms with E-state index in [1.54, 1.807) is 0 Å². The Morgan fingerprint density at radius 1 is 1.09 bits per heavy atom. The maximum Gasteiger partial charge on any atom is 0.475 e. The van der Waals surface area contributed by atoms with Crippen molar-refractivity contribution in [1.82, 2.24) is 25.5 Å². The Morgan fingerprint density at radius 3 is 2.41 bits per heavy atom. The smallest absolute Gasteiger partial charge is 0.426 e. The van der Waals surface area contributed by atoms with Crippen molar-refractivity contribution in [2.75, 3.05) is 14.1 Å². The second-order valence-electron chi connectivity index (χ2n) is 7.52. The average Bonchev–Trinajstić information content (AvgIpc) is 2.78. The largest absolute Gasteiger partial charge is 0.475 e. The monoisotopic (exact) mass is 441 g/mol. The van der Waals surface area contributed by atoms with E-state index in [1.165, 1.54) is 37.6 Å². The molecule has 2 aromatic rings. The van der Waals surface area contributed by atoms with Crippen LogP contribution in [0.5, 0.6) is 0 Å². The molecule has 0 aliphatic rings. The minimum Gasteiger partial charge on any atom is -0.426 e. The fourth-order valence-electron chi connectivity index (χ4n) is 2.96. The number of rotatable bonds is 11. The summed E-state index contributed by atoms with van der Waals surface area (Å²) in [5, 5.41) is 24.5. The number of hydrogen-bond acceptors (Lipinski definition) is 7. The SMILES string of the molecule is CN(C)C(=O)C[C@@H](NC(=O)c1cnccn1)C(=O)N[C@@H](CCCc1ccccc1)B(O)O. The van der Waals surface area contributed by atoms with Gasteiger partial charge in [-0.25, -0.2) is 4.98 Å². The van der Waals surface area contributed by atoms with E-state index >= 15 is 0 Å². The van der Waals surface area contributed by atoms with Gasteiger partial charge in [-0.3, -0.25) is 19.4 Å². The van der Waals surface area contributed by atoms with E-state index in [2.05, 4.69) is 20.6 Å². The van der Waals surface area contributed by atoms with Crippen molar-refractivity contribution >= 4 is 24.8 Å². The summed E-state index contributed by atoms with van der Waals surface area (Å²) in [6, 6.07) is 8.45. The second kappa shape index (κ2) is 12.5. The second-order valence-corrected chi connectivity index (χ2v) is 7.52. The minimum absolute atomic E-state index is 0.00999. The zero-order chi connectivity index (χ0) is 23.5. The van der Waals surface area contributed by atoms with E-state index in [1.807, 2.05) is 30.3 Å². The molecule has 0 radical (unpaired) electrons. The lowest BCUT2D eigenvalue weighted by molar-refractivity contribution is -0.133. The molecule has 2 rings (SSSR count). The van der Waals surface area contributed by atoms with Crippen molar-refractivity contribution in [1.29, 1.82) is 0 Å². The molecular formula is C21H28BN5O5. The molecule has 0 aliphatic heterocycles. The van der Waals surface area contributed by atoms with Crippen LogP contribution in [0.15, 0.2) is 48.9 Å². The quantitative estimate of drug-likeness (QED) is 0.347. The van der Waals surface area contributed by atoms with Crippen molar-refractivity contribution < 1.29 is 24.4 Å². The Morgan fingerprint density at radius 2 is 1.81 bits per heavy atom. The lowest BCUT2D eigenvalue weighted by Gasteiger charge is -2.23. The fourth-order valence-corrected chi connectivity index (χ4v) is 2.96. The van der Waals surface area contributed by atoms with Crippen LogP contribution in [0.2, 0.25) is 0 Å². The molecule has 4 N–H and O–H groups in total. The first-order valence-electron chi connectivity index (χ1n) is 10.3. The Labute approximate surface area is 187 Å². The first-order chi connectivity index (χ1) is 15.3. The molecule has 0 unspecified atom stereocenters. The number of carbonyl (C=O) groups is 3. The molecule has 0 saturated carbocycles. The number of carbonyl (C=O) groups excluding carboxylic acids is 3. The third kappa shape index (κ3) is 8.08. The molecule has 0 bridgehead atoms. The summed E-state index contributed by atoms with van der Waals surface area (Å²) in [4.78, 5) is 46.5. The summed E-state index contributed by atoms with van der Waals surface area (Å²) in [5.74, 6) is -2.71. The van der Waals surface area contributed by atoms with E-state index < -0.39 is 30.9 Å². The molecule has 3 amide bonds. The summed E-state index contributed by atoms with van der Waals surface area (Å²) >= 11 is 0. The number of amides is 3. The van der Waals surface area contributed by atoms with Crippen LogP contribution in [0.25, 0.3) is 0 Å². The van der Waals surface area contributed by atoms with Crippen molar-refractivity contribution in [2.24, 2.45) is 0 Å². The van der Waals surface area contributed by atoms with Crippen molar-refractivity contribution in [3.63, 3.8) is 0 Å². The van der Waals surface area contributed by atoms with Gasteiger partial charge >= 0.3 is 7.12 Å². The molecule has 32 heavy (non-hydrogen) atoms. The topological polar surface area (TPSA) is 145 Å². The van der Waals surface area contributed by atoms with Crippen LogP contribution in [-0.4, -0.2) is 75.8 Å². The summed E-state index contributed by atoms with van der Waals surface area (Å²) in [6.45, 7) is 0. The summed E-state index contributed by atoms with van der Waals surface area (Å²) in [7, 11) is 1.27. The number of benzene rings is 1. The summed E-state index contributed by atoms with van der Waals surface area (Å²) < 4.78 is 0. The molecule has 0 aliphatic carbocycles. The average molecular weight is 441 g/mol. The van der Waals surface area contributed by atoms with Crippen LogP contribution in [0.1, 0.15) is 35.3 Å². The first kappa shape index (κ1) is 25.0. The van der Waals surface area contributed by atoms with Crippen LogP contribution >= 0.6 is 0 Å². The highest BCUT2D eigenvalue weighted by atomic mass is 16.4. The van der Waals surface area contributed by atoms with Crippen LogP contribution in [-0.2, 0) is 16.0 Å². The van der Waals surface area contributed by atoms with Crippen LogP contribution < -0.4 is 10.6 Å². The van der Waals surface area contributed by atoms with Gasteiger partial charge in [-0.15, -0.1) is 0 Å². The van der Waals surface area contributed by atoms with Crippen LogP contribution in [0, 0.1) is 0 Å². The van der Waals surface area contributed by atoms with E-state index in [0.29, 0.717) is 19.3 Å². The van der Waals surface area contributed by atoms with E-state index in [0.717, 1.165) is 5.56 Å². The van der Waals surface area contributed by atoms with Gasteiger partial charge in [0.1, 0.15) is 11.7 Å². The van der Waals surface area contributed by atoms with Gasteiger partial charge in [-0.2, -0.15) is 0 Å². The lowest BCUT2D eigenvalue weighted by atomic mass is 9.76. The van der Waals surface area contributed by atoms with Gasteiger partial charge in [-0.05, 0) is 24.8 Å². The Hall–Kier alpha value is -3.31. The maximum absolute atomic E-state index is 12.9. The van der Waals surface area contributed by atoms with Crippen molar-refractivity contribution in [3.05, 3.63) is 60.2 Å². The lowest BCUT2D eigenvalue weighted by Crippen LogP contribution is -2.55. The molecule has 170 valence electrons. The zero-order valence-electron chi connectivity index (χ0n) is 18.1. The third-order valence-electron chi connectivity index (χ3n) is 4.81. The molecule has 1 aromatic heterocycles. The molecule has 2 atom stereocenters. The molecular weight excluding hydrogens is 413 g/mol.